The minimum atomic E-state index is -0.325. The van der Waals surface area contributed by atoms with E-state index < -0.39 is 0 Å². The fraction of sp³-hybridized carbons (Fsp3) is 0.400. The summed E-state index contributed by atoms with van der Waals surface area (Å²) in [5, 5.41) is 11.8. The molecule has 1 aromatic heterocycles. The van der Waals surface area contributed by atoms with Crippen LogP contribution in [0.15, 0.2) is 53.3 Å². The molecule has 2 N–H and O–H groups in total. The zero-order valence-electron chi connectivity index (χ0n) is 18.5. The number of benzene rings is 2. The number of hydrogen-bond donors (Lipinski definition) is 2. The molecule has 0 saturated heterocycles. The fourth-order valence-corrected chi connectivity index (χ4v) is 4.11. The third kappa shape index (κ3) is 5.10. The van der Waals surface area contributed by atoms with E-state index in [2.05, 4.69) is 22.7 Å². The van der Waals surface area contributed by atoms with Crippen LogP contribution in [0, 0.1) is 0 Å². The molecule has 1 fully saturated rings. The van der Waals surface area contributed by atoms with Gasteiger partial charge >= 0.3 is 6.03 Å². The minimum absolute atomic E-state index is 0.0538. The zero-order chi connectivity index (χ0) is 22.3. The maximum Gasteiger partial charge on any atom is 0.319 e. The summed E-state index contributed by atoms with van der Waals surface area (Å²) in [6, 6.07) is 14.6. The Balaban J connectivity index is 1.44. The second kappa shape index (κ2) is 10.3. The molecule has 32 heavy (non-hydrogen) atoms. The van der Waals surface area contributed by atoms with Crippen LogP contribution in [0.25, 0.3) is 10.8 Å². The molecule has 168 valence electrons. The molecule has 1 aliphatic rings. The fourth-order valence-electron chi connectivity index (χ4n) is 4.11. The van der Waals surface area contributed by atoms with Crippen molar-refractivity contribution in [1.29, 1.82) is 0 Å². The summed E-state index contributed by atoms with van der Waals surface area (Å²) in [4.78, 5) is 25.4. The topological polar surface area (TPSA) is 85.2 Å². The Labute approximate surface area is 187 Å². The van der Waals surface area contributed by atoms with Crippen molar-refractivity contribution in [3.8, 4) is 5.75 Å². The van der Waals surface area contributed by atoms with E-state index in [4.69, 9.17) is 4.74 Å². The molecule has 7 nitrogen and oxygen atoms in total. The van der Waals surface area contributed by atoms with Gasteiger partial charge in [-0.2, -0.15) is 5.10 Å². The average molecular weight is 435 g/mol. The molecule has 7 heteroatoms. The predicted octanol–water partition coefficient (Wildman–Crippen LogP) is 5.01. The number of aromatic nitrogens is 2. The van der Waals surface area contributed by atoms with Crippen LogP contribution in [0.4, 0.5) is 10.5 Å². The average Bonchev–Trinajstić information content (AvgIpc) is 3.35. The van der Waals surface area contributed by atoms with Gasteiger partial charge in [0.2, 0.25) is 0 Å². The van der Waals surface area contributed by atoms with E-state index in [0.717, 1.165) is 49.7 Å². The van der Waals surface area contributed by atoms with Crippen molar-refractivity contribution >= 4 is 22.5 Å². The first-order valence-corrected chi connectivity index (χ1v) is 11.4. The quantitative estimate of drug-likeness (QED) is 0.488. The van der Waals surface area contributed by atoms with E-state index in [-0.39, 0.29) is 24.2 Å². The smallest absolute Gasteiger partial charge is 0.319 e. The maximum absolute atomic E-state index is 12.9. The number of hydrogen-bond acceptors (Lipinski definition) is 4. The molecule has 1 aliphatic carbocycles. The summed E-state index contributed by atoms with van der Waals surface area (Å²) < 4.78 is 7.28. The summed E-state index contributed by atoms with van der Waals surface area (Å²) in [6.45, 7) is 3.04. The standard InChI is InChI=1S/C25H30N4O3/c1-2-3-16-32-20-14-12-18(13-15-20)27-25(31)26-17-23-21-10-6-7-11-22(21)24(30)29(28-23)19-8-4-5-9-19/h6-7,10-15,19H,2-5,8-9,16-17H2,1H3,(H2,26,27,31). The van der Waals surface area contributed by atoms with Gasteiger partial charge in [0, 0.05) is 11.1 Å². The van der Waals surface area contributed by atoms with E-state index in [1.807, 2.05) is 48.5 Å². The Hall–Kier alpha value is -3.35. The molecule has 1 heterocycles. The Kier molecular flexibility index (Phi) is 7.04. The molecular weight excluding hydrogens is 404 g/mol. The van der Waals surface area contributed by atoms with Crippen molar-refractivity contribution in [2.75, 3.05) is 11.9 Å². The Morgan fingerprint density at radius 1 is 1.09 bits per heavy atom. The van der Waals surface area contributed by atoms with Crippen LogP contribution in [0.2, 0.25) is 0 Å². The molecule has 0 aliphatic heterocycles. The van der Waals surface area contributed by atoms with E-state index in [1.165, 1.54) is 0 Å². The number of rotatable bonds is 8. The SMILES string of the molecule is CCCCOc1ccc(NC(=O)NCc2nn(C3CCCC3)c(=O)c3ccccc23)cc1. The molecule has 0 spiro atoms. The highest BCUT2D eigenvalue weighted by Gasteiger charge is 2.21. The number of carbonyl (C=O) groups excluding carboxylic acids is 1. The van der Waals surface area contributed by atoms with Gasteiger partial charge < -0.3 is 15.4 Å². The molecule has 0 atom stereocenters. The third-order valence-electron chi connectivity index (χ3n) is 5.87. The van der Waals surface area contributed by atoms with Gasteiger partial charge in [-0.15, -0.1) is 0 Å². The number of ether oxygens (including phenoxy) is 1. The van der Waals surface area contributed by atoms with Crippen molar-refractivity contribution < 1.29 is 9.53 Å². The van der Waals surface area contributed by atoms with E-state index in [1.54, 1.807) is 4.68 Å². The number of nitrogens with zero attached hydrogens (tertiary/aromatic N) is 2. The highest BCUT2D eigenvalue weighted by Crippen LogP contribution is 2.28. The highest BCUT2D eigenvalue weighted by molar-refractivity contribution is 5.90. The second-order valence-electron chi connectivity index (χ2n) is 8.21. The minimum Gasteiger partial charge on any atom is -0.494 e. The van der Waals surface area contributed by atoms with Crippen LogP contribution in [-0.4, -0.2) is 22.4 Å². The van der Waals surface area contributed by atoms with Gasteiger partial charge in [0.25, 0.3) is 5.56 Å². The maximum atomic E-state index is 12.9. The lowest BCUT2D eigenvalue weighted by Crippen LogP contribution is -2.32. The van der Waals surface area contributed by atoms with Crippen LogP contribution >= 0.6 is 0 Å². The van der Waals surface area contributed by atoms with Crippen molar-refractivity contribution in [2.24, 2.45) is 0 Å². The summed E-state index contributed by atoms with van der Waals surface area (Å²) in [7, 11) is 0. The molecule has 0 unspecified atom stereocenters. The summed E-state index contributed by atoms with van der Waals surface area (Å²) in [5.74, 6) is 0.786. The van der Waals surface area contributed by atoms with Crippen molar-refractivity contribution in [3.63, 3.8) is 0 Å². The number of unbranched alkanes of at least 4 members (excludes halogenated alkanes) is 1. The molecule has 2 aromatic carbocycles. The van der Waals surface area contributed by atoms with E-state index in [0.29, 0.717) is 23.4 Å². The second-order valence-corrected chi connectivity index (χ2v) is 8.21. The predicted molar refractivity (Wildman–Crippen MR) is 126 cm³/mol. The van der Waals surface area contributed by atoms with Crippen LogP contribution in [0.5, 0.6) is 5.75 Å². The van der Waals surface area contributed by atoms with Gasteiger partial charge in [-0.25, -0.2) is 9.48 Å². The van der Waals surface area contributed by atoms with Gasteiger partial charge in [0.1, 0.15) is 5.75 Å². The number of urea groups is 1. The molecule has 1 saturated carbocycles. The summed E-state index contributed by atoms with van der Waals surface area (Å²) in [5.41, 5.74) is 1.32. The number of carbonyl (C=O) groups is 1. The molecule has 4 rings (SSSR count). The Morgan fingerprint density at radius 2 is 1.81 bits per heavy atom. The van der Waals surface area contributed by atoms with Crippen molar-refractivity contribution in [3.05, 3.63) is 64.6 Å². The van der Waals surface area contributed by atoms with Gasteiger partial charge in [-0.1, -0.05) is 44.4 Å². The lowest BCUT2D eigenvalue weighted by molar-refractivity contribution is 0.251. The van der Waals surface area contributed by atoms with Gasteiger partial charge in [0.05, 0.1) is 30.3 Å². The molecule has 3 aromatic rings. The van der Waals surface area contributed by atoms with Crippen LogP contribution in [0.3, 0.4) is 0 Å². The van der Waals surface area contributed by atoms with E-state index >= 15 is 0 Å². The van der Waals surface area contributed by atoms with Crippen LogP contribution in [0.1, 0.15) is 57.2 Å². The molecule has 2 amide bonds. The zero-order valence-corrected chi connectivity index (χ0v) is 18.5. The number of nitrogens with one attached hydrogen (secondary N) is 2. The lowest BCUT2D eigenvalue weighted by atomic mass is 10.1. The Morgan fingerprint density at radius 3 is 2.53 bits per heavy atom. The first-order chi connectivity index (χ1) is 15.7. The van der Waals surface area contributed by atoms with E-state index in [9.17, 15) is 9.59 Å². The molecular formula is C25H30N4O3. The number of anilines is 1. The Bertz CT molecular complexity index is 1120. The van der Waals surface area contributed by atoms with Crippen molar-refractivity contribution in [1.82, 2.24) is 15.1 Å². The number of amides is 2. The summed E-state index contributed by atoms with van der Waals surface area (Å²) in [6.07, 6.45) is 6.27. The first-order valence-electron chi connectivity index (χ1n) is 11.4. The summed E-state index contributed by atoms with van der Waals surface area (Å²) >= 11 is 0. The normalized spacial score (nSPS) is 13.9. The van der Waals surface area contributed by atoms with Crippen molar-refractivity contribution in [2.45, 2.75) is 58.0 Å². The largest absolute Gasteiger partial charge is 0.494 e. The number of fused-ring (bicyclic) bond motifs is 1. The molecule has 0 bridgehead atoms. The monoisotopic (exact) mass is 434 g/mol. The van der Waals surface area contributed by atoms with Gasteiger partial charge in [-0.3, -0.25) is 4.79 Å². The lowest BCUT2D eigenvalue weighted by Gasteiger charge is -2.16. The third-order valence-corrected chi connectivity index (χ3v) is 5.87. The van der Waals surface area contributed by atoms with Gasteiger partial charge in [0.15, 0.2) is 0 Å². The van der Waals surface area contributed by atoms with Crippen LogP contribution in [-0.2, 0) is 6.54 Å². The first kappa shape index (κ1) is 21.9. The molecule has 0 radical (unpaired) electrons. The highest BCUT2D eigenvalue weighted by atomic mass is 16.5. The van der Waals surface area contributed by atoms with Gasteiger partial charge in [-0.05, 0) is 49.6 Å². The van der Waals surface area contributed by atoms with Crippen LogP contribution < -0.4 is 20.9 Å².